The third-order valence-corrected chi connectivity index (χ3v) is 5.38. The van der Waals surface area contributed by atoms with E-state index in [9.17, 15) is 4.79 Å². The van der Waals surface area contributed by atoms with E-state index in [2.05, 4.69) is 36.4 Å². The lowest BCUT2D eigenvalue weighted by Gasteiger charge is -2.28. The molecule has 194 valence electrons. The van der Waals surface area contributed by atoms with Crippen LogP contribution >= 0.6 is 0 Å². The van der Waals surface area contributed by atoms with Crippen LogP contribution in [0.5, 0.6) is 0 Å². The summed E-state index contributed by atoms with van der Waals surface area (Å²) in [5, 5.41) is 10.8. The molecule has 37 heavy (non-hydrogen) atoms. The standard InChI is InChI=1S/C23H22N6O2.C2H6.2CH2O/c1-15-2-4-18(13-25-15)26-23(30)22-20-11-16(3-5-21(20)27-28-22)17-10-19(14-24-12-17)29-6-8-31-9-7-29;3*1-2/h2-5,10-14H,6-9H2,1H3,(H,26,30)(H,27,28);1-2H3;2*1H2. The summed E-state index contributed by atoms with van der Waals surface area (Å²) in [5.41, 5.74) is 5.69. The number of pyridine rings is 2. The smallest absolute Gasteiger partial charge is 0.276 e. The van der Waals surface area contributed by atoms with Gasteiger partial charge < -0.3 is 24.5 Å². The minimum Gasteiger partial charge on any atom is -0.378 e. The van der Waals surface area contributed by atoms with E-state index in [1.165, 1.54) is 0 Å². The Bertz CT molecular complexity index is 1270. The first-order valence-electron chi connectivity index (χ1n) is 11.8. The number of aromatic nitrogens is 4. The Morgan fingerprint density at radius 3 is 2.38 bits per heavy atom. The fraction of sp³-hybridized carbons (Fsp3) is 0.259. The van der Waals surface area contributed by atoms with Crippen LogP contribution in [0.25, 0.3) is 22.0 Å². The monoisotopic (exact) mass is 504 g/mol. The van der Waals surface area contributed by atoms with Gasteiger partial charge in [0.2, 0.25) is 0 Å². The quantitative estimate of drug-likeness (QED) is 0.425. The molecule has 1 amide bonds. The highest BCUT2D eigenvalue weighted by Crippen LogP contribution is 2.28. The van der Waals surface area contributed by atoms with Gasteiger partial charge in [0.05, 0.1) is 42.5 Å². The zero-order valence-electron chi connectivity index (χ0n) is 21.4. The molecule has 5 rings (SSSR count). The molecule has 1 aliphatic rings. The minimum absolute atomic E-state index is 0.283. The highest BCUT2D eigenvalue weighted by Gasteiger charge is 2.16. The average Bonchev–Trinajstić information content (AvgIpc) is 3.42. The van der Waals surface area contributed by atoms with Crippen molar-refractivity contribution in [1.29, 1.82) is 0 Å². The normalized spacial score (nSPS) is 12.1. The fourth-order valence-electron chi connectivity index (χ4n) is 3.68. The number of rotatable bonds is 4. The number of amides is 1. The van der Waals surface area contributed by atoms with Gasteiger partial charge in [0, 0.05) is 35.9 Å². The number of ether oxygens (including phenoxy) is 1. The van der Waals surface area contributed by atoms with Crippen molar-refractivity contribution in [2.45, 2.75) is 20.8 Å². The number of carbonyl (C=O) groups is 3. The lowest BCUT2D eigenvalue weighted by atomic mass is 10.0. The molecule has 0 atom stereocenters. The first kappa shape index (κ1) is 28.8. The van der Waals surface area contributed by atoms with Gasteiger partial charge in [0.1, 0.15) is 13.6 Å². The van der Waals surface area contributed by atoms with Gasteiger partial charge >= 0.3 is 0 Å². The molecule has 1 fully saturated rings. The number of anilines is 2. The summed E-state index contributed by atoms with van der Waals surface area (Å²) < 4.78 is 5.45. The van der Waals surface area contributed by atoms with Crippen molar-refractivity contribution in [1.82, 2.24) is 20.2 Å². The Morgan fingerprint density at radius 1 is 0.973 bits per heavy atom. The lowest BCUT2D eigenvalue weighted by Crippen LogP contribution is -2.36. The van der Waals surface area contributed by atoms with E-state index in [1.54, 1.807) is 6.20 Å². The Labute approximate surface area is 216 Å². The number of nitrogens with one attached hydrogen (secondary N) is 2. The van der Waals surface area contributed by atoms with Gasteiger partial charge in [0.25, 0.3) is 5.91 Å². The number of hydrogen-bond donors (Lipinski definition) is 2. The fourth-order valence-corrected chi connectivity index (χ4v) is 3.68. The summed E-state index contributed by atoms with van der Waals surface area (Å²) in [6, 6.07) is 11.7. The number of morpholine rings is 1. The van der Waals surface area contributed by atoms with Crippen LogP contribution in [0.1, 0.15) is 30.0 Å². The molecular weight excluding hydrogens is 472 g/mol. The molecule has 0 radical (unpaired) electrons. The lowest BCUT2D eigenvalue weighted by molar-refractivity contribution is -0.0987. The summed E-state index contributed by atoms with van der Waals surface area (Å²) in [6.07, 6.45) is 5.35. The number of benzene rings is 1. The Balaban J connectivity index is 0.000000750. The van der Waals surface area contributed by atoms with Gasteiger partial charge in [-0.05, 0) is 42.8 Å². The SMILES string of the molecule is C=O.C=O.CC.Cc1ccc(NC(=O)c2n[nH]c3ccc(-c4cncc(N5CCOCC5)c4)cc23)cn1. The van der Waals surface area contributed by atoms with E-state index in [-0.39, 0.29) is 5.91 Å². The van der Waals surface area contributed by atoms with Gasteiger partial charge in [-0.3, -0.25) is 19.9 Å². The summed E-state index contributed by atoms with van der Waals surface area (Å²) >= 11 is 0. The second kappa shape index (κ2) is 14.8. The molecule has 3 aromatic heterocycles. The van der Waals surface area contributed by atoms with Crippen LogP contribution in [0.15, 0.2) is 55.0 Å². The van der Waals surface area contributed by atoms with Crippen molar-refractivity contribution in [3.63, 3.8) is 0 Å². The predicted octanol–water partition coefficient (Wildman–Crippen LogP) is 4.07. The number of hydrogen-bond acceptors (Lipinski definition) is 8. The summed E-state index contributed by atoms with van der Waals surface area (Å²) in [6.45, 7) is 13.0. The molecule has 4 aromatic rings. The molecule has 0 spiro atoms. The van der Waals surface area contributed by atoms with E-state index >= 15 is 0 Å². The Hall–Kier alpha value is -4.44. The first-order chi connectivity index (χ1) is 18.2. The van der Waals surface area contributed by atoms with Crippen molar-refractivity contribution in [2.24, 2.45) is 0 Å². The van der Waals surface area contributed by atoms with Gasteiger partial charge in [-0.1, -0.05) is 19.9 Å². The first-order valence-corrected chi connectivity index (χ1v) is 11.8. The molecule has 0 bridgehead atoms. The maximum atomic E-state index is 12.8. The molecule has 4 heterocycles. The molecule has 0 aliphatic carbocycles. The van der Waals surface area contributed by atoms with Gasteiger partial charge in [0.15, 0.2) is 5.69 Å². The van der Waals surface area contributed by atoms with Gasteiger partial charge in [-0.15, -0.1) is 0 Å². The maximum Gasteiger partial charge on any atom is 0.276 e. The number of aromatic amines is 1. The Kier molecular flexibility index (Phi) is 11.6. The molecule has 2 N–H and O–H groups in total. The van der Waals surface area contributed by atoms with E-state index in [0.29, 0.717) is 11.4 Å². The largest absolute Gasteiger partial charge is 0.378 e. The number of fused-ring (bicyclic) bond motifs is 1. The number of H-pyrrole nitrogens is 1. The number of carbonyl (C=O) groups excluding carboxylic acids is 3. The van der Waals surface area contributed by atoms with Crippen molar-refractivity contribution in [3.05, 3.63) is 66.4 Å². The highest BCUT2D eigenvalue weighted by molar-refractivity contribution is 6.11. The second-order valence-corrected chi connectivity index (χ2v) is 7.51. The summed E-state index contributed by atoms with van der Waals surface area (Å²) in [4.78, 5) is 39.7. The molecular formula is C27H32N6O4. The summed E-state index contributed by atoms with van der Waals surface area (Å²) in [5.74, 6) is -0.283. The van der Waals surface area contributed by atoms with E-state index in [1.807, 2.05) is 77.1 Å². The molecule has 1 aromatic carbocycles. The second-order valence-electron chi connectivity index (χ2n) is 7.51. The van der Waals surface area contributed by atoms with E-state index in [0.717, 1.165) is 59.7 Å². The van der Waals surface area contributed by atoms with E-state index in [4.69, 9.17) is 14.3 Å². The van der Waals surface area contributed by atoms with Crippen LogP contribution in [-0.2, 0) is 14.3 Å². The topological polar surface area (TPSA) is 130 Å². The molecule has 10 nitrogen and oxygen atoms in total. The molecule has 0 saturated carbocycles. The van der Waals surface area contributed by atoms with Crippen LogP contribution in [-0.4, -0.2) is 66.0 Å². The van der Waals surface area contributed by atoms with Crippen LogP contribution < -0.4 is 10.2 Å². The van der Waals surface area contributed by atoms with Crippen molar-refractivity contribution >= 4 is 41.8 Å². The van der Waals surface area contributed by atoms with Crippen LogP contribution in [0.4, 0.5) is 11.4 Å². The van der Waals surface area contributed by atoms with Crippen molar-refractivity contribution < 1.29 is 19.1 Å². The van der Waals surface area contributed by atoms with E-state index < -0.39 is 0 Å². The highest BCUT2D eigenvalue weighted by atomic mass is 16.5. The summed E-state index contributed by atoms with van der Waals surface area (Å²) in [7, 11) is 0. The van der Waals surface area contributed by atoms with Crippen LogP contribution in [0.2, 0.25) is 0 Å². The van der Waals surface area contributed by atoms with Crippen LogP contribution in [0, 0.1) is 6.92 Å². The molecule has 10 heteroatoms. The molecule has 1 saturated heterocycles. The number of aryl methyl sites for hydroxylation is 1. The van der Waals surface area contributed by atoms with Crippen LogP contribution in [0.3, 0.4) is 0 Å². The van der Waals surface area contributed by atoms with Crippen molar-refractivity contribution in [3.8, 4) is 11.1 Å². The molecule has 1 aliphatic heterocycles. The van der Waals surface area contributed by atoms with Crippen molar-refractivity contribution in [2.75, 3.05) is 36.5 Å². The predicted molar refractivity (Wildman–Crippen MR) is 145 cm³/mol. The third-order valence-electron chi connectivity index (χ3n) is 5.38. The maximum absolute atomic E-state index is 12.8. The molecule has 0 unspecified atom stereocenters. The zero-order chi connectivity index (χ0) is 27.2. The van der Waals surface area contributed by atoms with Gasteiger partial charge in [-0.25, -0.2) is 0 Å². The third kappa shape index (κ3) is 7.28. The average molecular weight is 505 g/mol. The Morgan fingerprint density at radius 2 is 1.70 bits per heavy atom. The zero-order valence-corrected chi connectivity index (χ0v) is 21.4. The van der Waals surface area contributed by atoms with Gasteiger partial charge in [-0.2, -0.15) is 5.10 Å². The minimum atomic E-state index is -0.283. The number of nitrogens with zero attached hydrogens (tertiary/aromatic N) is 4.